The van der Waals surface area contributed by atoms with Gasteiger partial charge in [0.05, 0.1) is 37.7 Å². The molecular weight excluding hydrogens is 482 g/mol. The standard InChI is InChI=1S/C22H22ClF4N3O2S/c1-13-7-18(32-29-13)11-21(30-33(31)20(2,3)4,19-6-5-16(23)12-28-19)14-8-15(22(25,26)27)10-17(24)9-14/h5-10,12,30H,11H2,1-4H3. The third-order valence-electron chi connectivity index (χ3n) is 4.82. The SMILES string of the molecule is Cc1cc(CC(NS(=O)C(C)(C)C)(c2cc(F)cc(C(F)(F)F)c2)c2ccc(Cl)cn2)on1. The average Bonchev–Trinajstić information content (AvgIpc) is 3.10. The number of nitrogens with zero attached hydrogens (tertiary/aromatic N) is 2. The van der Waals surface area contributed by atoms with Gasteiger partial charge in [0.25, 0.3) is 0 Å². The Labute approximate surface area is 196 Å². The van der Waals surface area contributed by atoms with Gasteiger partial charge in [-0.1, -0.05) is 16.8 Å². The van der Waals surface area contributed by atoms with Gasteiger partial charge in [-0.3, -0.25) is 4.98 Å². The van der Waals surface area contributed by atoms with E-state index in [0.29, 0.717) is 11.8 Å². The van der Waals surface area contributed by atoms with Crippen molar-refractivity contribution in [3.05, 3.63) is 81.7 Å². The molecule has 0 aliphatic rings. The summed E-state index contributed by atoms with van der Waals surface area (Å²) in [7, 11) is -1.80. The minimum Gasteiger partial charge on any atom is -0.361 e. The highest BCUT2D eigenvalue weighted by molar-refractivity contribution is 7.84. The topological polar surface area (TPSA) is 68.0 Å². The lowest BCUT2D eigenvalue weighted by atomic mass is 9.82. The van der Waals surface area contributed by atoms with Gasteiger partial charge in [0.2, 0.25) is 0 Å². The molecule has 0 saturated carbocycles. The maximum atomic E-state index is 14.5. The average molecular weight is 504 g/mol. The first-order valence-electron chi connectivity index (χ1n) is 9.83. The lowest BCUT2D eigenvalue weighted by molar-refractivity contribution is -0.137. The molecule has 0 aliphatic heterocycles. The van der Waals surface area contributed by atoms with Crippen molar-refractivity contribution in [2.45, 2.75) is 50.6 Å². The van der Waals surface area contributed by atoms with Gasteiger partial charge in [-0.15, -0.1) is 0 Å². The van der Waals surface area contributed by atoms with E-state index in [9.17, 15) is 21.8 Å². The molecule has 2 heterocycles. The quantitative estimate of drug-likeness (QED) is 0.436. The number of nitrogens with one attached hydrogen (secondary N) is 1. The maximum absolute atomic E-state index is 14.5. The van der Waals surface area contributed by atoms with Gasteiger partial charge in [-0.25, -0.2) is 13.3 Å². The Morgan fingerprint density at radius 1 is 1.09 bits per heavy atom. The van der Waals surface area contributed by atoms with E-state index in [1.165, 1.54) is 18.3 Å². The van der Waals surface area contributed by atoms with Gasteiger partial charge >= 0.3 is 6.18 Å². The second-order valence-corrected chi connectivity index (χ2v) is 11.0. The number of aromatic nitrogens is 2. The highest BCUT2D eigenvalue weighted by atomic mass is 35.5. The van der Waals surface area contributed by atoms with Crippen LogP contribution < -0.4 is 4.72 Å². The molecule has 3 rings (SSSR count). The van der Waals surface area contributed by atoms with Crippen LogP contribution in [0.25, 0.3) is 0 Å². The summed E-state index contributed by atoms with van der Waals surface area (Å²) in [6, 6.07) is 6.75. The maximum Gasteiger partial charge on any atom is 0.416 e. The van der Waals surface area contributed by atoms with Crippen molar-refractivity contribution in [2.24, 2.45) is 0 Å². The van der Waals surface area contributed by atoms with Crippen LogP contribution in [0.3, 0.4) is 0 Å². The third-order valence-corrected chi connectivity index (χ3v) is 6.69. The van der Waals surface area contributed by atoms with E-state index in [2.05, 4.69) is 14.9 Å². The van der Waals surface area contributed by atoms with Gasteiger partial charge in [0, 0.05) is 18.7 Å². The Balaban J connectivity index is 2.34. The van der Waals surface area contributed by atoms with E-state index in [-0.39, 0.29) is 28.5 Å². The Morgan fingerprint density at radius 2 is 1.76 bits per heavy atom. The van der Waals surface area contributed by atoms with Gasteiger partial charge in [0.15, 0.2) is 0 Å². The van der Waals surface area contributed by atoms with Crippen LogP contribution in [0.4, 0.5) is 17.6 Å². The summed E-state index contributed by atoms with van der Waals surface area (Å²) in [5.74, 6) is -0.823. The second-order valence-electron chi connectivity index (χ2n) is 8.59. The number of hydrogen-bond acceptors (Lipinski definition) is 4. The zero-order chi connectivity index (χ0) is 24.6. The number of rotatable bonds is 6. The summed E-state index contributed by atoms with van der Waals surface area (Å²) in [6.45, 7) is 6.77. The predicted molar refractivity (Wildman–Crippen MR) is 117 cm³/mol. The largest absolute Gasteiger partial charge is 0.416 e. The van der Waals surface area contributed by atoms with Crippen LogP contribution in [0, 0.1) is 12.7 Å². The van der Waals surface area contributed by atoms with E-state index < -0.39 is 38.8 Å². The van der Waals surface area contributed by atoms with Gasteiger partial charge in [0.1, 0.15) is 17.1 Å². The first kappa shape index (κ1) is 25.3. The minimum atomic E-state index is -4.80. The Morgan fingerprint density at radius 3 is 2.27 bits per heavy atom. The van der Waals surface area contributed by atoms with Crippen LogP contribution in [0.5, 0.6) is 0 Å². The molecule has 2 unspecified atom stereocenters. The number of alkyl halides is 3. The molecule has 3 aromatic rings. The third kappa shape index (κ3) is 5.80. The fraction of sp³-hybridized carbons (Fsp3) is 0.364. The molecule has 0 amide bonds. The Kier molecular flexibility index (Phi) is 7.02. The molecular formula is C22H22ClF4N3O2S. The van der Waals surface area contributed by atoms with Crippen LogP contribution in [-0.4, -0.2) is 19.1 Å². The second kappa shape index (κ2) is 9.15. The number of hydrogen-bond donors (Lipinski definition) is 1. The summed E-state index contributed by atoms with van der Waals surface area (Å²) in [5, 5.41) is 4.12. The van der Waals surface area contributed by atoms with Crippen molar-refractivity contribution in [3.8, 4) is 0 Å². The van der Waals surface area contributed by atoms with Crippen molar-refractivity contribution in [3.63, 3.8) is 0 Å². The summed E-state index contributed by atoms with van der Waals surface area (Å²) >= 11 is 5.98. The van der Waals surface area contributed by atoms with Crippen LogP contribution in [0.2, 0.25) is 5.02 Å². The molecule has 0 bridgehead atoms. The van der Waals surface area contributed by atoms with E-state index >= 15 is 0 Å². The van der Waals surface area contributed by atoms with Crippen molar-refractivity contribution < 1.29 is 26.3 Å². The number of aryl methyl sites for hydroxylation is 1. The molecule has 2 atom stereocenters. The monoisotopic (exact) mass is 503 g/mol. The molecule has 0 radical (unpaired) electrons. The highest BCUT2D eigenvalue weighted by Gasteiger charge is 2.43. The lowest BCUT2D eigenvalue weighted by Crippen LogP contribution is -2.51. The number of pyridine rings is 1. The van der Waals surface area contributed by atoms with E-state index in [1.54, 1.807) is 33.8 Å². The summed E-state index contributed by atoms with van der Waals surface area (Å²) < 4.78 is 75.9. The normalized spacial score (nSPS) is 15.3. The molecule has 178 valence electrons. The van der Waals surface area contributed by atoms with Crippen LogP contribution in [-0.2, 0) is 29.1 Å². The zero-order valence-corrected chi connectivity index (χ0v) is 19.8. The predicted octanol–water partition coefficient (Wildman–Crippen LogP) is 5.73. The van der Waals surface area contributed by atoms with Gasteiger partial charge in [-0.2, -0.15) is 13.2 Å². The Bertz CT molecular complexity index is 1160. The van der Waals surface area contributed by atoms with Crippen molar-refractivity contribution >= 4 is 22.6 Å². The molecule has 11 heteroatoms. The molecule has 1 N–H and O–H groups in total. The highest BCUT2D eigenvalue weighted by Crippen LogP contribution is 2.38. The van der Waals surface area contributed by atoms with E-state index in [4.69, 9.17) is 16.1 Å². The van der Waals surface area contributed by atoms with Gasteiger partial charge in [-0.05, 0) is 63.6 Å². The lowest BCUT2D eigenvalue weighted by Gasteiger charge is -2.36. The fourth-order valence-electron chi connectivity index (χ4n) is 3.19. The van der Waals surface area contributed by atoms with Crippen LogP contribution >= 0.6 is 11.6 Å². The van der Waals surface area contributed by atoms with E-state index in [0.717, 1.165) is 12.1 Å². The van der Waals surface area contributed by atoms with Crippen molar-refractivity contribution in [2.75, 3.05) is 0 Å². The Hall–Kier alpha value is -2.30. The summed E-state index contributed by atoms with van der Waals surface area (Å²) in [5.41, 5.74) is -2.27. The number of halogens is 5. The molecule has 0 fully saturated rings. The minimum absolute atomic E-state index is 0.128. The molecule has 0 aliphatic carbocycles. The van der Waals surface area contributed by atoms with Crippen molar-refractivity contribution in [1.82, 2.24) is 14.9 Å². The van der Waals surface area contributed by atoms with Crippen LogP contribution in [0.1, 0.15) is 49.0 Å². The molecule has 0 saturated heterocycles. The zero-order valence-electron chi connectivity index (χ0n) is 18.3. The fourth-order valence-corrected chi connectivity index (χ4v) is 4.22. The van der Waals surface area contributed by atoms with Crippen LogP contribution in [0.15, 0.2) is 47.1 Å². The summed E-state index contributed by atoms with van der Waals surface area (Å²) in [4.78, 5) is 4.29. The summed E-state index contributed by atoms with van der Waals surface area (Å²) in [6.07, 6.45) is -3.64. The van der Waals surface area contributed by atoms with E-state index in [1.807, 2.05) is 0 Å². The smallest absolute Gasteiger partial charge is 0.361 e. The van der Waals surface area contributed by atoms with Crippen molar-refractivity contribution in [1.29, 1.82) is 0 Å². The molecule has 5 nitrogen and oxygen atoms in total. The first-order chi connectivity index (χ1) is 15.2. The molecule has 1 aromatic carbocycles. The number of benzene rings is 1. The molecule has 0 spiro atoms. The molecule has 2 aromatic heterocycles. The van der Waals surface area contributed by atoms with Gasteiger partial charge < -0.3 is 4.52 Å². The molecule has 33 heavy (non-hydrogen) atoms. The first-order valence-corrected chi connectivity index (χ1v) is 11.4.